The van der Waals surface area contributed by atoms with E-state index in [-0.39, 0.29) is 0 Å². The van der Waals surface area contributed by atoms with Crippen molar-refractivity contribution in [2.45, 2.75) is 6.92 Å². The van der Waals surface area contributed by atoms with Gasteiger partial charge in [-0.25, -0.2) is 13.2 Å². The fraction of sp³-hybridized carbons (Fsp3) is 0.273. The number of hydrogen-bond acceptors (Lipinski definition) is 3. The van der Waals surface area contributed by atoms with Gasteiger partial charge in [0.1, 0.15) is 5.92 Å². The summed E-state index contributed by atoms with van der Waals surface area (Å²) in [6.45, 7) is 1.23. The number of benzene rings is 1. The first-order valence-corrected chi connectivity index (χ1v) is 4.65. The normalized spacial score (nSPS) is 12.1. The van der Waals surface area contributed by atoms with E-state index in [9.17, 15) is 22.8 Å². The smallest absolute Gasteiger partial charge is 0.316 e. The average molecular weight is 246 g/mol. The monoisotopic (exact) mass is 246 g/mol. The Hall–Kier alpha value is -1.85. The molecule has 1 aromatic carbocycles. The van der Waals surface area contributed by atoms with Crippen LogP contribution in [0.1, 0.15) is 17.3 Å². The van der Waals surface area contributed by atoms with Gasteiger partial charge in [0.25, 0.3) is 0 Å². The van der Waals surface area contributed by atoms with Crippen LogP contribution in [0.4, 0.5) is 13.2 Å². The van der Waals surface area contributed by atoms with Crippen LogP contribution in [0.2, 0.25) is 0 Å². The molecule has 0 aliphatic heterocycles. The number of ketones is 1. The number of hydrogen-bond donors (Lipinski definition) is 0. The third kappa shape index (κ3) is 2.64. The van der Waals surface area contributed by atoms with E-state index >= 15 is 0 Å². The van der Waals surface area contributed by atoms with Gasteiger partial charge in [0.05, 0.1) is 7.11 Å². The van der Waals surface area contributed by atoms with Crippen LogP contribution >= 0.6 is 0 Å². The molecule has 0 saturated heterocycles. The number of carbonyl (C=O) groups excluding carboxylic acids is 2. The molecule has 1 rings (SSSR count). The minimum atomic E-state index is -1.66. The van der Waals surface area contributed by atoms with Gasteiger partial charge in [-0.1, -0.05) is 0 Å². The minimum absolute atomic E-state index is 0.417. The molecule has 0 aliphatic rings. The quantitative estimate of drug-likeness (QED) is 0.355. The Morgan fingerprint density at radius 1 is 1.18 bits per heavy atom. The number of Topliss-reactive ketones (excluding diaryl/α,β-unsaturated/α-hetero) is 1. The van der Waals surface area contributed by atoms with Gasteiger partial charge in [-0.05, 0) is 19.1 Å². The maximum atomic E-state index is 12.9. The van der Waals surface area contributed by atoms with Crippen molar-refractivity contribution in [1.82, 2.24) is 0 Å². The Morgan fingerprint density at radius 3 is 2.06 bits per heavy atom. The Labute approximate surface area is 95.2 Å². The molecule has 0 saturated carbocycles. The second-order valence-electron chi connectivity index (χ2n) is 3.36. The van der Waals surface area contributed by atoms with Crippen molar-refractivity contribution in [3.05, 3.63) is 35.1 Å². The van der Waals surface area contributed by atoms with Crippen molar-refractivity contribution in [3.8, 4) is 0 Å². The number of methoxy groups -OCH3 is 1. The van der Waals surface area contributed by atoms with E-state index in [1.54, 1.807) is 0 Å². The number of esters is 1. The second kappa shape index (κ2) is 4.99. The van der Waals surface area contributed by atoms with E-state index in [4.69, 9.17) is 0 Å². The van der Waals surface area contributed by atoms with Crippen molar-refractivity contribution >= 4 is 11.8 Å². The average Bonchev–Trinajstić information content (AvgIpc) is 2.32. The van der Waals surface area contributed by atoms with Gasteiger partial charge in [0, 0.05) is 5.56 Å². The fourth-order valence-electron chi connectivity index (χ4n) is 1.23. The van der Waals surface area contributed by atoms with Gasteiger partial charge in [0.15, 0.2) is 23.2 Å². The Kier molecular flexibility index (Phi) is 3.88. The van der Waals surface area contributed by atoms with Crippen molar-refractivity contribution in [3.63, 3.8) is 0 Å². The summed E-state index contributed by atoms with van der Waals surface area (Å²) in [6, 6.07) is 1.08. The van der Waals surface area contributed by atoms with E-state index in [1.807, 2.05) is 0 Å². The summed E-state index contributed by atoms with van der Waals surface area (Å²) in [5, 5.41) is 0. The van der Waals surface area contributed by atoms with Crippen LogP contribution in [0.25, 0.3) is 0 Å². The highest BCUT2D eigenvalue weighted by molar-refractivity contribution is 6.08. The SMILES string of the molecule is COC(=O)C(C)C(=O)c1cc(F)c(F)c(F)c1. The molecular weight excluding hydrogens is 237 g/mol. The lowest BCUT2D eigenvalue weighted by molar-refractivity contribution is -0.143. The molecule has 1 atom stereocenters. The van der Waals surface area contributed by atoms with Gasteiger partial charge in [0.2, 0.25) is 0 Å². The standard InChI is InChI=1S/C11H9F3O3/c1-5(11(16)17-2)10(15)6-3-7(12)9(14)8(13)4-6/h3-5H,1-2H3. The molecular formula is C11H9F3O3. The van der Waals surface area contributed by atoms with E-state index in [1.165, 1.54) is 6.92 Å². The molecule has 0 aromatic heterocycles. The molecule has 92 valence electrons. The summed E-state index contributed by atoms with van der Waals surface area (Å²) >= 11 is 0. The van der Waals surface area contributed by atoms with Gasteiger partial charge in [-0.3, -0.25) is 9.59 Å². The van der Waals surface area contributed by atoms with Crippen molar-refractivity contribution < 1.29 is 27.5 Å². The van der Waals surface area contributed by atoms with Gasteiger partial charge in [-0.15, -0.1) is 0 Å². The summed E-state index contributed by atoms with van der Waals surface area (Å²) < 4.78 is 42.7. The second-order valence-corrected chi connectivity index (χ2v) is 3.36. The van der Waals surface area contributed by atoms with Crippen molar-refractivity contribution in [2.75, 3.05) is 7.11 Å². The zero-order chi connectivity index (χ0) is 13.2. The largest absolute Gasteiger partial charge is 0.468 e. The lowest BCUT2D eigenvalue weighted by Gasteiger charge is -2.08. The first-order valence-electron chi connectivity index (χ1n) is 4.65. The highest BCUT2D eigenvalue weighted by Gasteiger charge is 2.25. The summed E-state index contributed by atoms with van der Waals surface area (Å²) in [5.41, 5.74) is -0.417. The summed E-state index contributed by atoms with van der Waals surface area (Å²) in [6.07, 6.45) is 0. The zero-order valence-electron chi connectivity index (χ0n) is 9.09. The van der Waals surface area contributed by atoms with Crippen LogP contribution in [0.15, 0.2) is 12.1 Å². The first kappa shape index (κ1) is 13.2. The predicted octanol–water partition coefficient (Wildman–Crippen LogP) is 2.10. The van der Waals surface area contributed by atoms with Crippen LogP contribution in [-0.4, -0.2) is 18.9 Å². The molecule has 0 spiro atoms. The van der Waals surface area contributed by atoms with Crippen LogP contribution < -0.4 is 0 Å². The topological polar surface area (TPSA) is 43.4 Å². The van der Waals surface area contributed by atoms with Crippen molar-refractivity contribution in [2.24, 2.45) is 5.92 Å². The number of rotatable bonds is 3. The number of halogens is 3. The molecule has 3 nitrogen and oxygen atoms in total. The third-order valence-electron chi connectivity index (χ3n) is 2.22. The predicted molar refractivity (Wildman–Crippen MR) is 51.8 cm³/mol. The molecule has 0 fully saturated rings. The molecule has 0 N–H and O–H groups in total. The number of carbonyl (C=O) groups is 2. The van der Waals surface area contributed by atoms with Gasteiger partial charge in [-0.2, -0.15) is 0 Å². The molecule has 0 amide bonds. The highest BCUT2D eigenvalue weighted by atomic mass is 19.2. The molecule has 0 radical (unpaired) electrons. The molecule has 17 heavy (non-hydrogen) atoms. The molecule has 0 heterocycles. The third-order valence-corrected chi connectivity index (χ3v) is 2.22. The van der Waals surface area contributed by atoms with E-state index in [2.05, 4.69) is 4.74 Å². The molecule has 0 bridgehead atoms. The Balaban J connectivity index is 3.09. The summed E-state index contributed by atoms with van der Waals surface area (Å²) in [7, 11) is 1.08. The highest BCUT2D eigenvalue weighted by Crippen LogP contribution is 2.17. The molecule has 6 heteroatoms. The lowest BCUT2D eigenvalue weighted by Crippen LogP contribution is -2.22. The van der Waals surface area contributed by atoms with E-state index in [0.29, 0.717) is 12.1 Å². The number of ether oxygens (including phenoxy) is 1. The molecule has 0 aliphatic carbocycles. The summed E-state index contributed by atoms with van der Waals surface area (Å²) in [4.78, 5) is 22.7. The maximum absolute atomic E-state index is 12.9. The minimum Gasteiger partial charge on any atom is -0.468 e. The van der Waals surface area contributed by atoms with Crippen LogP contribution in [0, 0.1) is 23.4 Å². The Bertz CT molecular complexity index is 448. The first-order chi connectivity index (χ1) is 7.88. The van der Waals surface area contributed by atoms with E-state index in [0.717, 1.165) is 7.11 Å². The maximum Gasteiger partial charge on any atom is 0.316 e. The van der Waals surface area contributed by atoms with Crippen LogP contribution in [0.3, 0.4) is 0 Å². The Morgan fingerprint density at radius 2 is 1.65 bits per heavy atom. The fourth-order valence-corrected chi connectivity index (χ4v) is 1.23. The van der Waals surface area contributed by atoms with Crippen LogP contribution in [0.5, 0.6) is 0 Å². The van der Waals surface area contributed by atoms with E-state index < -0.39 is 40.7 Å². The van der Waals surface area contributed by atoms with Gasteiger partial charge < -0.3 is 4.74 Å². The van der Waals surface area contributed by atoms with Gasteiger partial charge >= 0.3 is 5.97 Å². The molecule has 1 unspecified atom stereocenters. The summed E-state index contributed by atoms with van der Waals surface area (Å²) in [5.74, 6) is -7.50. The van der Waals surface area contributed by atoms with Crippen LogP contribution in [-0.2, 0) is 9.53 Å². The molecule has 1 aromatic rings. The zero-order valence-corrected chi connectivity index (χ0v) is 9.09. The lowest BCUT2D eigenvalue weighted by atomic mass is 9.99. The van der Waals surface area contributed by atoms with Crippen molar-refractivity contribution in [1.29, 1.82) is 0 Å².